The SMILES string of the molecule is CSc1sc(C(=O)O)c(C)c1-c1csc(NCCN2CCOCC2)n1. The van der Waals surface area contributed by atoms with Crippen molar-refractivity contribution in [1.29, 1.82) is 0 Å². The fourth-order valence-corrected chi connectivity index (χ4v) is 5.41. The number of morpholine rings is 1. The molecule has 0 spiro atoms. The quantitative estimate of drug-likeness (QED) is 0.692. The third-order valence-electron chi connectivity index (χ3n) is 4.06. The molecule has 9 heteroatoms. The minimum absolute atomic E-state index is 0.397. The van der Waals surface area contributed by atoms with Gasteiger partial charge in [0.1, 0.15) is 4.88 Å². The van der Waals surface area contributed by atoms with Gasteiger partial charge in [0.05, 0.1) is 23.1 Å². The maximum absolute atomic E-state index is 11.4. The van der Waals surface area contributed by atoms with E-state index in [1.165, 1.54) is 11.3 Å². The third kappa shape index (κ3) is 4.35. The Morgan fingerprint density at radius 1 is 1.48 bits per heavy atom. The van der Waals surface area contributed by atoms with E-state index in [1.807, 2.05) is 18.6 Å². The maximum Gasteiger partial charge on any atom is 0.346 e. The van der Waals surface area contributed by atoms with Crippen LogP contribution in [0.15, 0.2) is 9.59 Å². The van der Waals surface area contributed by atoms with Crippen LogP contribution in [0.4, 0.5) is 5.13 Å². The van der Waals surface area contributed by atoms with E-state index in [0.29, 0.717) is 4.88 Å². The summed E-state index contributed by atoms with van der Waals surface area (Å²) >= 11 is 4.45. The number of thioether (sulfide) groups is 1. The van der Waals surface area contributed by atoms with Gasteiger partial charge in [-0.3, -0.25) is 4.90 Å². The summed E-state index contributed by atoms with van der Waals surface area (Å²) in [6.07, 6.45) is 1.97. The highest BCUT2D eigenvalue weighted by molar-refractivity contribution is 8.00. The van der Waals surface area contributed by atoms with Gasteiger partial charge in [0.15, 0.2) is 5.13 Å². The van der Waals surface area contributed by atoms with Crippen LogP contribution in [0.3, 0.4) is 0 Å². The van der Waals surface area contributed by atoms with Crippen molar-refractivity contribution in [2.24, 2.45) is 0 Å². The number of aromatic carboxylic acids is 1. The number of nitrogens with one attached hydrogen (secondary N) is 1. The second-order valence-corrected chi connectivity index (χ2v) is 8.60. The fraction of sp³-hybridized carbons (Fsp3) is 0.500. The molecule has 25 heavy (non-hydrogen) atoms. The van der Waals surface area contributed by atoms with Gasteiger partial charge >= 0.3 is 5.97 Å². The average molecular weight is 400 g/mol. The van der Waals surface area contributed by atoms with Gasteiger partial charge in [-0.05, 0) is 18.7 Å². The monoisotopic (exact) mass is 399 g/mol. The molecule has 0 aliphatic carbocycles. The van der Waals surface area contributed by atoms with Gasteiger partial charge in [-0.1, -0.05) is 0 Å². The number of carboxylic acid groups (broad SMARTS) is 1. The summed E-state index contributed by atoms with van der Waals surface area (Å²) in [6, 6.07) is 0. The van der Waals surface area contributed by atoms with Crippen molar-refractivity contribution in [2.75, 3.05) is 51.0 Å². The van der Waals surface area contributed by atoms with E-state index < -0.39 is 5.97 Å². The van der Waals surface area contributed by atoms with Gasteiger partial charge in [0.25, 0.3) is 0 Å². The molecule has 1 aliphatic heterocycles. The van der Waals surface area contributed by atoms with Crippen LogP contribution in [-0.2, 0) is 4.74 Å². The number of anilines is 1. The molecule has 0 radical (unpaired) electrons. The zero-order valence-corrected chi connectivity index (χ0v) is 16.7. The van der Waals surface area contributed by atoms with Gasteiger partial charge in [0.2, 0.25) is 0 Å². The molecule has 1 saturated heterocycles. The highest BCUT2D eigenvalue weighted by Gasteiger charge is 2.22. The second-order valence-electron chi connectivity index (χ2n) is 5.65. The van der Waals surface area contributed by atoms with Crippen LogP contribution in [0.25, 0.3) is 11.3 Å². The van der Waals surface area contributed by atoms with E-state index in [4.69, 9.17) is 4.74 Å². The topological polar surface area (TPSA) is 74.7 Å². The number of aromatic nitrogens is 1. The van der Waals surface area contributed by atoms with Crippen molar-refractivity contribution in [3.05, 3.63) is 15.8 Å². The van der Waals surface area contributed by atoms with Gasteiger partial charge in [-0.2, -0.15) is 0 Å². The molecule has 0 bridgehead atoms. The minimum Gasteiger partial charge on any atom is -0.477 e. The van der Waals surface area contributed by atoms with Gasteiger partial charge in [-0.15, -0.1) is 34.4 Å². The number of carbonyl (C=O) groups is 1. The van der Waals surface area contributed by atoms with Crippen LogP contribution in [0.5, 0.6) is 0 Å². The van der Waals surface area contributed by atoms with E-state index in [-0.39, 0.29) is 0 Å². The van der Waals surface area contributed by atoms with Crippen LogP contribution >= 0.6 is 34.4 Å². The molecule has 0 unspecified atom stereocenters. The Morgan fingerprint density at radius 2 is 2.24 bits per heavy atom. The number of rotatable bonds is 7. The maximum atomic E-state index is 11.4. The standard InChI is InChI=1S/C16H21N3O3S3/c1-10-12(15(23-2)25-13(10)14(20)21)11-9-24-16(18-11)17-3-4-19-5-7-22-8-6-19/h9H,3-8H2,1-2H3,(H,17,18)(H,20,21). The number of hydrogen-bond acceptors (Lipinski definition) is 8. The molecule has 2 aromatic rings. The molecule has 2 aromatic heterocycles. The summed E-state index contributed by atoms with van der Waals surface area (Å²) < 4.78 is 6.35. The Bertz CT molecular complexity index is 738. The lowest BCUT2D eigenvalue weighted by Crippen LogP contribution is -2.38. The van der Waals surface area contributed by atoms with Crippen LogP contribution in [0, 0.1) is 6.92 Å². The molecule has 3 heterocycles. The molecule has 1 fully saturated rings. The zero-order chi connectivity index (χ0) is 17.8. The average Bonchev–Trinajstić information content (AvgIpc) is 3.19. The predicted molar refractivity (Wildman–Crippen MR) is 105 cm³/mol. The first-order valence-electron chi connectivity index (χ1n) is 8.00. The fourth-order valence-electron chi connectivity index (χ4n) is 2.75. The molecule has 136 valence electrons. The van der Waals surface area contributed by atoms with Gasteiger partial charge in [0, 0.05) is 37.1 Å². The van der Waals surface area contributed by atoms with Gasteiger partial charge in [-0.25, -0.2) is 9.78 Å². The Labute approximate surface area is 159 Å². The first kappa shape index (κ1) is 18.7. The molecule has 3 rings (SSSR count). The summed E-state index contributed by atoms with van der Waals surface area (Å²) in [5.41, 5.74) is 2.60. The van der Waals surface area contributed by atoms with E-state index >= 15 is 0 Å². The third-order valence-corrected chi connectivity index (χ3v) is 7.26. The highest BCUT2D eigenvalue weighted by Crippen LogP contribution is 2.42. The first-order chi connectivity index (χ1) is 12.1. The lowest BCUT2D eigenvalue weighted by atomic mass is 10.1. The van der Waals surface area contributed by atoms with Crippen molar-refractivity contribution in [1.82, 2.24) is 9.88 Å². The van der Waals surface area contributed by atoms with Gasteiger partial charge < -0.3 is 15.2 Å². The van der Waals surface area contributed by atoms with Crippen molar-refractivity contribution in [3.8, 4) is 11.3 Å². The normalized spacial score (nSPS) is 15.4. The Morgan fingerprint density at radius 3 is 2.92 bits per heavy atom. The Kier molecular flexibility index (Phi) is 6.34. The summed E-state index contributed by atoms with van der Waals surface area (Å²) in [5.74, 6) is -0.872. The number of thiazole rings is 1. The van der Waals surface area contributed by atoms with Crippen molar-refractivity contribution in [3.63, 3.8) is 0 Å². The molecule has 1 aliphatic rings. The summed E-state index contributed by atoms with van der Waals surface area (Å²) in [5, 5.41) is 15.6. The molecule has 0 aromatic carbocycles. The zero-order valence-electron chi connectivity index (χ0n) is 14.2. The van der Waals surface area contributed by atoms with E-state index in [1.54, 1.807) is 23.1 Å². The lowest BCUT2D eigenvalue weighted by Gasteiger charge is -2.26. The summed E-state index contributed by atoms with van der Waals surface area (Å²) in [4.78, 5) is 18.8. The lowest BCUT2D eigenvalue weighted by molar-refractivity contribution is 0.0398. The predicted octanol–water partition coefficient (Wildman–Crippen LogP) is 3.34. The second kappa shape index (κ2) is 8.50. The number of ether oxygens (including phenoxy) is 1. The minimum atomic E-state index is -0.872. The molecule has 0 saturated carbocycles. The molecule has 0 atom stereocenters. The smallest absolute Gasteiger partial charge is 0.346 e. The largest absolute Gasteiger partial charge is 0.477 e. The number of thiophene rings is 1. The molecular formula is C16H21N3O3S3. The van der Waals surface area contributed by atoms with Crippen LogP contribution in [0.2, 0.25) is 0 Å². The van der Waals surface area contributed by atoms with Crippen LogP contribution in [-0.4, -0.2) is 66.6 Å². The first-order valence-corrected chi connectivity index (χ1v) is 10.9. The summed E-state index contributed by atoms with van der Waals surface area (Å²) in [7, 11) is 0. The van der Waals surface area contributed by atoms with Crippen molar-refractivity contribution >= 4 is 45.5 Å². The Balaban J connectivity index is 1.68. The van der Waals surface area contributed by atoms with Crippen LogP contribution in [0.1, 0.15) is 15.2 Å². The van der Waals surface area contributed by atoms with E-state index in [9.17, 15) is 9.90 Å². The summed E-state index contributed by atoms with van der Waals surface area (Å²) in [6.45, 7) is 7.24. The number of nitrogens with zero attached hydrogens (tertiary/aromatic N) is 2. The van der Waals surface area contributed by atoms with Crippen LogP contribution < -0.4 is 5.32 Å². The van der Waals surface area contributed by atoms with Crippen molar-refractivity contribution < 1.29 is 14.6 Å². The molecular weight excluding hydrogens is 378 g/mol. The Hall–Kier alpha value is -1.13. The molecule has 0 amide bonds. The number of hydrogen-bond donors (Lipinski definition) is 2. The molecule has 6 nitrogen and oxygen atoms in total. The highest BCUT2D eigenvalue weighted by atomic mass is 32.2. The number of carboxylic acids is 1. The van der Waals surface area contributed by atoms with E-state index in [2.05, 4.69) is 15.2 Å². The van der Waals surface area contributed by atoms with Crippen molar-refractivity contribution in [2.45, 2.75) is 11.1 Å². The van der Waals surface area contributed by atoms with E-state index in [0.717, 1.165) is 65.6 Å². The molecule has 2 N–H and O–H groups in total.